The molecule has 0 saturated heterocycles. The molecule has 1 aliphatic carbocycles. The fourth-order valence-corrected chi connectivity index (χ4v) is 5.66. The number of benzene rings is 3. The molecular formula is C31H36ClN2O4-. The second-order valence-electron chi connectivity index (χ2n) is 10.1. The van der Waals surface area contributed by atoms with E-state index in [1.54, 1.807) is 18.2 Å². The zero-order chi connectivity index (χ0) is 26.9. The lowest BCUT2D eigenvalue weighted by Gasteiger charge is -2.30. The van der Waals surface area contributed by atoms with Gasteiger partial charge in [0.2, 0.25) is 0 Å². The first-order valence-electron chi connectivity index (χ1n) is 13.5. The molecule has 0 radical (unpaired) electrons. The molecule has 0 spiro atoms. The van der Waals surface area contributed by atoms with Crippen LogP contribution >= 0.6 is 11.6 Å². The minimum atomic E-state index is -0.176. The van der Waals surface area contributed by atoms with Gasteiger partial charge in [-0.2, -0.15) is 0 Å². The van der Waals surface area contributed by atoms with Crippen molar-refractivity contribution in [2.45, 2.75) is 64.8 Å². The summed E-state index contributed by atoms with van der Waals surface area (Å²) in [4.78, 5) is 13.4. The molecule has 0 aromatic heterocycles. The minimum Gasteiger partial charge on any atom is -0.733 e. The molecule has 1 aliphatic rings. The van der Waals surface area contributed by atoms with Gasteiger partial charge < -0.3 is 20.5 Å². The predicted octanol–water partition coefficient (Wildman–Crippen LogP) is 9.01. The average molecular weight is 536 g/mol. The summed E-state index contributed by atoms with van der Waals surface area (Å²) in [7, 11) is 0. The van der Waals surface area contributed by atoms with Crippen LogP contribution in [-0.4, -0.2) is 11.0 Å². The third kappa shape index (κ3) is 7.50. The SMILES string of the molecule is CCCC(CC(=O)c1cc(CNc2cc(Oc3ccccc3)ccc2N([O-])O)ccc1Cl)C1CCCCC1. The topological polar surface area (TPSA) is 84.9 Å². The number of hydrogen-bond acceptors (Lipinski definition) is 6. The molecule has 3 aromatic carbocycles. The molecule has 1 unspecified atom stereocenters. The maximum Gasteiger partial charge on any atom is 0.164 e. The monoisotopic (exact) mass is 535 g/mol. The molecule has 0 heterocycles. The van der Waals surface area contributed by atoms with Crippen molar-refractivity contribution in [1.29, 1.82) is 0 Å². The summed E-state index contributed by atoms with van der Waals surface area (Å²) < 4.78 is 5.87. The first kappa shape index (κ1) is 28.0. The number of ether oxygens (including phenoxy) is 1. The van der Waals surface area contributed by atoms with Crippen molar-refractivity contribution in [3.05, 3.63) is 88.1 Å². The maximum atomic E-state index is 13.4. The Morgan fingerprint density at radius 2 is 1.84 bits per heavy atom. The third-order valence-corrected chi connectivity index (χ3v) is 7.72. The van der Waals surface area contributed by atoms with Gasteiger partial charge in [-0.25, -0.2) is 0 Å². The van der Waals surface area contributed by atoms with E-state index in [1.165, 1.54) is 38.2 Å². The van der Waals surface area contributed by atoms with Crippen LogP contribution in [0.25, 0.3) is 0 Å². The van der Waals surface area contributed by atoms with E-state index >= 15 is 0 Å². The van der Waals surface area contributed by atoms with Gasteiger partial charge in [0.25, 0.3) is 0 Å². The lowest BCUT2D eigenvalue weighted by Crippen LogP contribution is -2.21. The van der Waals surface area contributed by atoms with Crippen LogP contribution < -0.4 is 15.3 Å². The van der Waals surface area contributed by atoms with E-state index in [-0.39, 0.29) is 16.7 Å². The fraction of sp³-hybridized carbons (Fsp3) is 0.387. The second kappa shape index (κ2) is 13.7. The largest absolute Gasteiger partial charge is 0.733 e. The van der Waals surface area contributed by atoms with Crippen molar-refractivity contribution < 1.29 is 14.7 Å². The molecule has 0 amide bonds. The number of anilines is 2. The predicted molar refractivity (Wildman–Crippen MR) is 153 cm³/mol. The fourth-order valence-electron chi connectivity index (χ4n) is 5.43. The maximum absolute atomic E-state index is 13.4. The smallest absolute Gasteiger partial charge is 0.164 e. The van der Waals surface area contributed by atoms with E-state index in [9.17, 15) is 15.2 Å². The van der Waals surface area contributed by atoms with Crippen molar-refractivity contribution in [3.8, 4) is 11.5 Å². The van der Waals surface area contributed by atoms with E-state index in [4.69, 9.17) is 16.3 Å². The van der Waals surface area contributed by atoms with Crippen LogP contribution in [0, 0.1) is 17.0 Å². The summed E-state index contributed by atoms with van der Waals surface area (Å²) >= 11 is 6.48. The van der Waals surface area contributed by atoms with Gasteiger partial charge in [-0.05, 0) is 53.8 Å². The second-order valence-corrected chi connectivity index (χ2v) is 10.5. The van der Waals surface area contributed by atoms with Crippen LogP contribution in [0.2, 0.25) is 5.02 Å². The van der Waals surface area contributed by atoms with Gasteiger partial charge in [0.05, 0.1) is 16.4 Å². The van der Waals surface area contributed by atoms with E-state index in [0.717, 1.165) is 18.4 Å². The molecule has 202 valence electrons. The number of hydrogen-bond donors (Lipinski definition) is 2. The first-order chi connectivity index (χ1) is 18.4. The lowest BCUT2D eigenvalue weighted by atomic mass is 9.75. The van der Waals surface area contributed by atoms with Crippen molar-refractivity contribution >= 4 is 28.8 Å². The average Bonchev–Trinajstić information content (AvgIpc) is 2.93. The Morgan fingerprint density at radius 1 is 1.08 bits per heavy atom. The zero-order valence-corrected chi connectivity index (χ0v) is 22.6. The number of ketones is 1. The molecular weight excluding hydrogens is 500 g/mol. The van der Waals surface area contributed by atoms with Crippen LogP contribution in [0.1, 0.15) is 74.2 Å². The Labute approximate surface area is 230 Å². The van der Waals surface area contributed by atoms with Gasteiger partial charge in [-0.1, -0.05) is 87.7 Å². The number of carbonyl (C=O) groups excluding carboxylic acids is 1. The van der Waals surface area contributed by atoms with E-state index in [2.05, 4.69) is 12.2 Å². The Bertz CT molecular complexity index is 1200. The number of halogens is 1. The normalized spacial score (nSPS) is 14.6. The summed E-state index contributed by atoms with van der Waals surface area (Å²) in [6, 6.07) is 19.5. The van der Waals surface area contributed by atoms with Crippen molar-refractivity contribution in [3.63, 3.8) is 0 Å². The van der Waals surface area contributed by atoms with Gasteiger partial charge in [0, 0.05) is 24.6 Å². The van der Waals surface area contributed by atoms with E-state index in [0.29, 0.717) is 52.6 Å². The van der Waals surface area contributed by atoms with Crippen LogP contribution in [-0.2, 0) is 6.54 Å². The molecule has 6 nitrogen and oxygen atoms in total. The van der Waals surface area contributed by atoms with Gasteiger partial charge in [-0.15, -0.1) is 0 Å². The highest BCUT2D eigenvalue weighted by Gasteiger charge is 2.26. The molecule has 0 aliphatic heterocycles. The van der Waals surface area contributed by atoms with Crippen molar-refractivity contribution in [2.24, 2.45) is 11.8 Å². The van der Waals surface area contributed by atoms with Gasteiger partial charge in [-0.3, -0.25) is 10.0 Å². The number of Topliss-reactive ketones (excluding diaryl/α,β-unsaturated/α-hetero) is 1. The molecule has 2 N–H and O–H groups in total. The number of para-hydroxylation sites is 1. The van der Waals surface area contributed by atoms with Crippen LogP contribution in [0.15, 0.2) is 66.7 Å². The molecule has 0 bridgehead atoms. The molecule has 1 saturated carbocycles. The minimum absolute atomic E-state index is 0.0607. The molecule has 1 atom stereocenters. The van der Waals surface area contributed by atoms with E-state index < -0.39 is 0 Å². The highest BCUT2D eigenvalue weighted by Crippen LogP contribution is 2.36. The Hall–Kier alpha value is -3.06. The van der Waals surface area contributed by atoms with Crippen LogP contribution in [0.5, 0.6) is 11.5 Å². The molecule has 3 aromatic rings. The third-order valence-electron chi connectivity index (χ3n) is 7.39. The van der Waals surface area contributed by atoms with Gasteiger partial charge in [0.1, 0.15) is 11.5 Å². The number of nitrogens with zero attached hydrogens (tertiary/aromatic N) is 1. The Kier molecular flexibility index (Phi) is 10.0. The van der Waals surface area contributed by atoms with Gasteiger partial charge in [0.15, 0.2) is 5.78 Å². The first-order valence-corrected chi connectivity index (χ1v) is 13.9. The summed E-state index contributed by atoms with van der Waals surface area (Å²) in [6.07, 6.45) is 8.90. The van der Waals surface area contributed by atoms with E-state index in [1.807, 2.05) is 42.5 Å². The van der Waals surface area contributed by atoms with Crippen LogP contribution in [0.4, 0.5) is 11.4 Å². The molecule has 38 heavy (non-hydrogen) atoms. The molecule has 1 fully saturated rings. The number of carbonyl (C=O) groups is 1. The standard InChI is InChI=1S/C31H36ClN2O4/c1-2-9-24(23-10-5-3-6-11-23)19-31(35)27-18-22(14-16-28(27)32)21-33-29-20-26(15-17-30(29)34(36)37)38-25-12-7-4-8-13-25/h4,7-8,12-18,20,23-24,33,36H,2-3,5-6,9-11,19,21H2,1H3/q-1. The van der Waals surface area contributed by atoms with Gasteiger partial charge >= 0.3 is 0 Å². The van der Waals surface area contributed by atoms with Crippen molar-refractivity contribution in [1.82, 2.24) is 0 Å². The molecule has 7 heteroatoms. The Balaban J connectivity index is 1.47. The summed E-state index contributed by atoms with van der Waals surface area (Å²) in [5, 5.41) is 24.8. The number of nitrogens with one attached hydrogen (secondary N) is 1. The van der Waals surface area contributed by atoms with Crippen molar-refractivity contribution in [2.75, 3.05) is 10.5 Å². The summed E-state index contributed by atoms with van der Waals surface area (Å²) in [6.45, 7) is 2.51. The highest BCUT2D eigenvalue weighted by atomic mass is 35.5. The quantitative estimate of drug-likeness (QED) is 0.178. The number of rotatable bonds is 12. The van der Waals surface area contributed by atoms with Crippen LogP contribution in [0.3, 0.4) is 0 Å². The lowest BCUT2D eigenvalue weighted by molar-refractivity contribution is 0.0925. The summed E-state index contributed by atoms with van der Waals surface area (Å²) in [5.41, 5.74) is 1.85. The summed E-state index contributed by atoms with van der Waals surface area (Å²) in [5.74, 6) is 2.27. The highest BCUT2D eigenvalue weighted by molar-refractivity contribution is 6.34. The Morgan fingerprint density at radius 3 is 2.55 bits per heavy atom. The zero-order valence-electron chi connectivity index (χ0n) is 21.9. The molecule has 4 rings (SSSR count).